The molecule has 0 radical (unpaired) electrons. The summed E-state index contributed by atoms with van der Waals surface area (Å²) in [5, 5.41) is -1.05. The maximum atomic E-state index is 15.1. The minimum Gasteiger partial charge on any atom is -0.477 e. The third kappa shape index (κ3) is 6.19. The van der Waals surface area contributed by atoms with E-state index in [1.807, 2.05) is 6.92 Å². The molecule has 190 valence electrons. The third-order valence-electron chi connectivity index (χ3n) is 5.84. The molecule has 1 aliphatic rings. The Hall–Kier alpha value is -2.95. The summed E-state index contributed by atoms with van der Waals surface area (Å²) in [4.78, 5) is 12.3. The van der Waals surface area contributed by atoms with Crippen LogP contribution >= 0.6 is 0 Å². The summed E-state index contributed by atoms with van der Waals surface area (Å²) in [6, 6.07) is 3.80. The number of benzene rings is 1. The molecule has 1 unspecified atom stereocenters. The largest absolute Gasteiger partial charge is 0.477 e. The van der Waals surface area contributed by atoms with Gasteiger partial charge < -0.3 is 10.5 Å². The fraction of sp³-hybridized carbons (Fsp3) is 0.458. The van der Waals surface area contributed by atoms with Crippen LogP contribution in [0.15, 0.2) is 35.6 Å². The molecule has 0 amide bonds. The highest BCUT2D eigenvalue weighted by atomic mass is 32.2. The van der Waals surface area contributed by atoms with Gasteiger partial charge in [0.15, 0.2) is 15.7 Å². The number of aromatic nitrogens is 2. The minimum absolute atomic E-state index is 0.0499. The summed E-state index contributed by atoms with van der Waals surface area (Å²) >= 11 is 0. The van der Waals surface area contributed by atoms with Gasteiger partial charge in [0.2, 0.25) is 5.88 Å². The number of rotatable bonds is 10. The van der Waals surface area contributed by atoms with E-state index in [4.69, 9.17) is 10.5 Å². The predicted octanol–water partition coefficient (Wildman–Crippen LogP) is 4.38. The third-order valence-corrected chi connectivity index (χ3v) is 8.26. The van der Waals surface area contributed by atoms with Crippen molar-refractivity contribution in [3.05, 3.63) is 53.2 Å². The highest BCUT2D eigenvalue weighted by molar-refractivity contribution is 7.92. The summed E-state index contributed by atoms with van der Waals surface area (Å²) in [7, 11) is -3.60. The van der Waals surface area contributed by atoms with Crippen LogP contribution in [0.4, 0.5) is 13.2 Å². The molecule has 0 saturated carbocycles. The molecule has 2 aromatic rings. The molecule has 1 saturated heterocycles. The second-order valence-electron chi connectivity index (χ2n) is 8.51. The number of aliphatic imine (C=N–C) groups is 1. The van der Waals surface area contributed by atoms with Gasteiger partial charge in [0.05, 0.1) is 42.5 Å². The van der Waals surface area contributed by atoms with E-state index in [-0.39, 0.29) is 47.1 Å². The van der Waals surface area contributed by atoms with Crippen LogP contribution in [0.1, 0.15) is 56.4 Å². The van der Waals surface area contributed by atoms with Crippen LogP contribution in [-0.2, 0) is 15.4 Å². The van der Waals surface area contributed by atoms with Crippen LogP contribution in [0, 0.1) is 5.82 Å². The Morgan fingerprint density at radius 1 is 1.34 bits per heavy atom. The van der Waals surface area contributed by atoms with Gasteiger partial charge in [-0.2, -0.15) is 0 Å². The van der Waals surface area contributed by atoms with Crippen LogP contribution in [0.5, 0.6) is 5.88 Å². The maximum Gasteiger partial charge on any atom is 0.232 e. The minimum atomic E-state index is -3.60. The Labute approximate surface area is 203 Å². The molecule has 1 fully saturated rings. The lowest BCUT2D eigenvalue weighted by Gasteiger charge is -2.32. The van der Waals surface area contributed by atoms with Crippen LogP contribution in [-0.4, -0.2) is 48.5 Å². The van der Waals surface area contributed by atoms with E-state index in [0.717, 1.165) is 18.6 Å². The zero-order valence-electron chi connectivity index (χ0n) is 19.7. The lowest BCUT2D eigenvalue weighted by Crippen LogP contribution is -2.41. The molecule has 0 spiro atoms. The molecule has 2 N–H and O–H groups in total. The molecular formula is C24H29F3N4O3S. The van der Waals surface area contributed by atoms with Gasteiger partial charge in [-0.3, -0.25) is 9.38 Å². The van der Waals surface area contributed by atoms with Crippen molar-refractivity contribution < 1.29 is 26.3 Å². The molecule has 1 aromatic carbocycles. The molecule has 2 heterocycles. The average molecular weight is 511 g/mol. The molecule has 11 heteroatoms. The van der Waals surface area contributed by atoms with Gasteiger partial charge in [-0.05, 0) is 50.0 Å². The van der Waals surface area contributed by atoms with Crippen molar-refractivity contribution in [2.24, 2.45) is 10.7 Å². The number of sulfone groups is 1. The summed E-state index contributed by atoms with van der Waals surface area (Å²) in [5.74, 6) is -1.36. The Balaban J connectivity index is 2.02. The van der Waals surface area contributed by atoms with E-state index in [1.165, 1.54) is 31.5 Å². The Bertz CT molecular complexity index is 1200. The Kier molecular flexibility index (Phi) is 8.52. The Morgan fingerprint density at radius 2 is 2.11 bits per heavy atom. The lowest BCUT2D eigenvalue weighted by molar-refractivity contribution is 0.303. The van der Waals surface area contributed by atoms with Crippen LogP contribution in [0.25, 0.3) is 11.9 Å². The van der Waals surface area contributed by atoms with Gasteiger partial charge >= 0.3 is 0 Å². The first-order valence-corrected chi connectivity index (χ1v) is 13.1. The molecule has 1 aliphatic heterocycles. The van der Waals surface area contributed by atoms with Crippen molar-refractivity contribution in [2.75, 3.05) is 19.0 Å². The van der Waals surface area contributed by atoms with E-state index in [2.05, 4.69) is 15.0 Å². The van der Waals surface area contributed by atoms with E-state index in [0.29, 0.717) is 13.0 Å². The molecular weight excluding hydrogens is 481 g/mol. The summed E-state index contributed by atoms with van der Waals surface area (Å²) < 4.78 is 73.7. The van der Waals surface area contributed by atoms with Gasteiger partial charge in [-0.1, -0.05) is 13.0 Å². The second-order valence-corrected chi connectivity index (χ2v) is 10.8. The number of halogens is 3. The lowest BCUT2D eigenvalue weighted by atomic mass is 9.85. The van der Waals surface area contributed by atoms with Gasteiger partial charge in [0.25, 0.3) is 0 Å². The number of nitrogens with zero attached hydrogens (tertiary/aromatic N) is 3. The quantitative estimate of drug-likeness (QED) is 0.375. The predicted molar refractivity (Wildman–Crippen MR) is 130 cm³/mol. The number of hydrogen-bond acceptors (Lipinski definition) is 6. The van der Waals surface area contributed by atoms with Gasteiger partial charge in [-0.15, -0.1) is 0 Å². The number of nitrogens with two attached hydrogens (primary N) is 1. The molecule has 1 aromatic heterocycles. The van der Waals surface area contributed by atoms with Crippen molar-refractivity contribution in [1.82, 2.24) is 9.97 Å². The maximum absolute atomic E-state index is 15.1. The molecule has 35 heavy (non-hydrogen) atoms. The van der Waals surface area contributed by atoms with Gasteiger partial charge in [0, 0.05) is 12.0 Å². The highest BCUT2D eigenvalue weighted by Gasteiger charge is 2.48. The molecule has 7 nitrogen and oxygen atoms in total. The van der Waals surface area contributed by atoms with Crippen LogP contribution in [0.3, 0.4) is 0 Å². The Morgan fingerprint density at radius 3 is 2.71 bits per heavy atom. The fourth-order valence-corrected chi connectivity index (χ4v) is 6.40. The molecule has 0 aliphatic carbocycles. The van der Waals surface area contributed by atoms with E-state index < -0.39 is 38.9 Å². The van der Waals surface area contributed by atoms with E-state index in [1.54, 1.807) is 0 Å². The smallest absolute Gasteiger partial charge is 0.232 e. The first-order chi connectivity index (χ1) is 16.6. The zero-order valence-corrected chi connectivity index (χ0v) is 20.5. The number of ether oxygens (including phenoxy) is 1. The van der Waals surface area contributed by atoms with E-state index >= 15 is 4.39 Å². The standard InChI is InChI=1S/C24H29F3N4O3S/c1-3-10-34-23-15-29-20(14-30-23)19(27)13-16-6-7-18(26)17(12-16)24(2,31-22(28)8-9-25)21-5-4-11-35(21,32)33/h6-7,12-15,21H,3-5,8-11H2,1-2H3,(H2,28,31)/b19-13-/t21-,24?/m0/s1. The summed E-state index contributed by atoms with van der Waals surface area (Å²) in [6.07, 6.45) is 4.88. The topological polar surface area (TPSA) is 108 Å². The highest BCUT2D eigenvalue weighted by Crippen LogP contribution is 2.41. The molecule has 3 rings (SSSR count). The number of alkyl halides is 1. The van der Waals surface area contributed by atoms with Crippen molar-refractivity contribution >= 4 is 27.6 Å². The first kappa shape index (κ1) is 26.7. The van der Waals surface area contributed by atoms with Crippen molar-refractivity contribution in [1.29, 1.82) is 0 Å². The number of hydrogen-bond donors (Lipinski definition) is 1. The first-order valence-electron chi connectivity index (χ1n) is 11.3. The van der Waals surface area contributed by atoms with Crippen molar-refractivity contribution in [3.8, 4) is 5.88 Å². The molecule has 2 atom stereocenters. The zero-order chi connectivity index (χ0) is 25.6. The van der Waals surface area contributed by atoms with Gasteiger partial charge in [0.1, 0.15) is 17.1 Å². The van der Waals surface area contributed by atoms with Crippen LogP contribution in [0.2, 0.25) is 0 Å². The van der Waals surface area contributed by atoms with E-state index in [9.17, 15) is 17.2 Å². The van der Waals surface area contributed by atoms with Crippen molar-refractivity contribution in [2.45, 2.75) is 50.3 Å². The van der Waals surface area contributed by atoms with Crippen molar-refractivity contribution in [3.63, 3.8) is 0 Å². The average Bonchev–Trinajstić information content (AvgIpc) is 3.18. The molecule has 0 bridgehead atoms. The normalized spacial score (nSPS) is 20.0. The van der Waals surface area contributed by atoms with Gasteiger partial charge in [-0.25, -0.2) is 27.2 Å². The van der Waals surface area contributed by atoms with Crippen LogP contribution < -0.4 is 10.5 Å². The number of amidine groups is 1. The summed E-state index contributed by atoms with van der Waals surface area (Å²) in [6.45, 7) is 3.07. The monoisotopic (exact) mass is 510 g/mol. The second kappa shape index (κ2) is 11.2. The fourth-order valence-electron chi connectivity index (χ4n) is 4.14. The SMILES string of the molecule is CCCOc1cnc(/C(F)=C/c2ccc(F)c(C(C)(N=C(N)CCF)[C@@H]3CCCS3(=O)=O)c2)cn1. The summed E-state index contributed by atoms with van der Waals surface area (Å²) in [5.41, 5.74) is 4.38.